The lowest BCUT2D eigenvalue weighted by molar-refractivity contribution is -0.143. The first kappa shape index (κ1) is 14.7. The van der Waals surface area contributed by atoms with E-state index in [9.17, 15) is 13.6 Å². The average molecular weight is 285 g/mol. The van der Waals surface area contributed by atoms with Crippen molar-refractivity contribution in [2.45, 2.75) is 31.3 Å². The maximum absolute atomic E-state index is 13.0. The minimum atomic E-state index is -0.955. The Morgan fingerprint density at radius 2 is 2.15 bits per heavy atom. The maximum atomic E-state index is 13.0. The highest BCUT2D eigenvalue weighted by molar-refractivity contribution is 5.75. The molecule has 1 saturated carbocycles. The van der Waals surface area contributed by atoms with Gasteiger partial charge in [-0.05, 0) is 25.0 Å². The van der Waals surface area contributed by atoms with E-state index in [2.05, 4.69) is 5.32 Å². The molecule has 1 N–H and O–H groups in total. The number of halogens is 2. The molecule has 6 heteroatoms. The lowest BCUT2D eigenvalue weighted by atomic mass is 10.2. The molecule has 1 aliphatic rings. The Labute approximate surface area is 116 Å². The number of carbonyl (C=O) groups excluding carboxylic acids is 1. The highest BCUT2D eigenvalue weighted by Gasteiger charge is 2.28. The van der Waals surface area contributed by atoms with Crippen molar-refractivity contribution in [3.63, 3.8) is 0 Å². The molecule has 110 valence electrons. The molecule has 1 aliphatic carbocycles. The Morgan fingerprint density at radius 3 is 2.75 bits per heavy atom. The number of rotatable bonds is 7. The van der Waals surface area contributed by atoms with Gasteiger partial charge in [0.25, 0.3) is 0 Å². The smallest absolute Gasteiger partial charge is 0.322 e. The van der Waals surface area contributed by atoms with Crippen LogP contribution in [0.1, 0.15) is 19.3 Å². The van der Waals surface area contributed by atoms with Gasteiger partial charge in [-0.15, -0.1) is 0 Å². The summed E-state index contributed by atoms with van der Waals surface area (Å²) < 4.78 is 35.8. The molecule has 1 atom stereocenters. The number of ether oxygens (including phenoxy) is 2. The monoisotopic (exact) mass is 285 g/mol. The molecule has 0 saturated heterocycles. The third-order valence-electron chi connectivity index (χ3n) is 3.07. The van der Waals surface area contributed by atoms with E-state index in [1.165, 1.54) is 13.2 Å². The van der Waals surface area contributed by atoms with E-state index >= 15 is 0 Å². The van der Waals surface area contributed by atoms with Crippen molar-refractivity contribution < 1.29 is 23.0 Å². The second-order valence-electron chi connectivity index (χ2n) is 4.73. The van der Waals surface area contributed by atoms with Gasteiger partial charge in [0.1, 0.15) is 11.8 Å². The lowest BCUT2D eigenvalue weighted by Gasteiger charge is -2.16. The molecule has 0 spiro atoms. The van der Waals surface area contributed by atoms with Gasteiger partial charge >= 0.3 is 5.97 Å². The van der Waals surface area contributed by atoms with E-state index in [0.717, 1.165) is 25.0 Å². The third kappa shape index (κ3) is 4.16. The van der Waals surface area contributed by atoms with Crippen molar-refractivity contribution in [3.05, 3.63) is 29.8 Å². The second-order valence-corrected chi connectivity index (χ2v) is 4.73. The van der Waals surface area contributed by atoms with Crippen LogP contribution in [-0.4, -0.2) is 31.8 Å². The SMILES string of the molecule is COC(=O)C(CCOc1ccc(F)c(F)c1)NC1CC1. The second kappa shape index (κ2) is 6.65. The highest BCUT2D eigenvalue weighted by Crippen LogP contribution is 2.20. The highest BCUT2D eigenvalue weighted by atomic mass is 19.2. The van der Waals surface area contributed by atoms with Crippen molar-refractivity contribution in [2.75, 3.05) is 13.7 Å². The maximum Gasteiger partial charge on any atom is 0.322 e. The quantitative estimate of drug-likeness (QED) is 0.779. The van der Waals surface area contributed by atoms with Crippen LogP contribution < -0.4 is 10.1 Å². The van der Waals surface area contributed by atoms with Crippen LogP contribution >= 0.6 is 0 Å². The molecule has 20 heavy (non-hydrogen) atoms. The van der Waals surface area contributed by atoms with Crippen LogP contribution in [0.15, 0.2) is 18.2 Å². The van der Waals surface area contributed by atoms with Crippen LogP contribution in [0, 0.1) is 11.6 Å². The minimum absolute atomic E-state index is 0.213. The van der Waals surface area contributed by atoms with Crippen molar-refractivity contribution in [3.8, 4) is 5.75 Å². The molecule has 0 amide bonds. The molecule has 0 radical (unpaired) electrons. The van der Waals surface area contributed by atoms with Gasteiger partial charge in [0.05, 0.1) is 13.7 Å². The predicted octanol–water partition coefficient (Wildman–Crippen LogP) is 2.03. The molecule has 0 bridgehead atoms. The topological polar surface area (TPSA) is 47.6 Å². The van der Waals surface area contributed by atoms with Gasteiger partial charge < -0.3 is 14.8 Å². The first-order valence-electron chi connectivity index (χ1n) is 6.52. The number of nitrogens with one attached hydrogen (secondary N) is 1. The van der Waals surface area contributed by atoms with Crippen LogP contribution in [0.4, 0.5) is 8.78 Å². The lowest BCUT2D eigenvalue weighted by Crippen LogP contribution is -2.40. The number of benzene rings is 1. The summed E-state index contributed by atoms with van der Waals surface area (Å²) in [5, 5.41) is 3.16. The molecule has 1 fully saturated rings. The summed E-state index contributed by atoms with van der Waals surface area (Å²) in [7, 11) is 1.33. The summed E-state index contributed by atoms with van der Waals surface area (Å²) >= 11 is 0. The molecule has 1 aromatic rings. The molecular weight excluding hydrogens is 268 g/mol. The molecule has 1 unspecified atom stereocenters. The standard InChI is InChI=1S/C14H17F2NO3/c1-19-14(18)13(17-9-2-3-9)6-7-20-10-4-5-11(15)12(16)8-10/h4-5,8-9,13,17H,2-3,6-7H2,1H3. The number of hydrogen-bond acceptors (Lipinski definition) is 4. The largest absolute Gasteiger partial charge is 0.493 e. The number of esters is 1. The molecule has 0 aromatic heterocycles. The first-order chi connectivity index (χ1) is 9.60. The van der Waals surface area contributed by atoms with Crippen LogP contribution in [0.2, 0.25) is 0 Å². The van der Waals surface area contributed by atoms with Crippen molar-refractivity contribution in [1.29, 1.82) is 0 Å². The molecule has 4 nitrogen and oxygen atoms in total. The Morgan fingerprint density at radius 1 is 1.40 bits per heavy atom. The van der Waals surface area contributed by atoms with E-state index in [4.69, 9.17) is 9.47 Å². The Hall–Kier alpha value is -1.69. The molecule has 1 aromatic carbocycles. The zero-order chi connectivity index (χ0) is 14.5. The van der Waals surface area contributed by atoms with Gasteiger partial charge in [-0.2, -0.15) is 0 Å². The average Bonchev–Trinajstić information content (AvgIpc) is 3.25. The number of carbonyl (C=O) groups is 1. The van der Waals surface area contributed by atoms with E-state index in [1.54, 1.807) is 0 Å². The van der Waals surface area contributed by atoms with Gasteiger partial charge in [0.2, 0.25) is 0 Å². The molecule has 0 aliphatic heterocycles. The zero-order valence-electron chi connectivity index (χ0n) is 11.2. The third-order valence-corrected chi connectivity index (χ3v) is 3.07. The van der Waals surface area contributed by atoms with Gasteiger partial charge in [0.15, 0.2) is 11.6 Å². The van der Waals surface area contributed by atoms with E-state index in [-0.39, 0.29) is 18.3 Å². The Balaban J connectivity index is 1.82. The van der Waals surface area contributed by atoms with E-state index in [1.807, 2.05) is 0 Å². The number of methoxy groups -OCH3 is 1. The molecular formula is C14H17F2NO3. The van der Waals surface area contributed by atoms with Crippen molar-refractivity contribution in [2.24, 2.45) is 0 Å². The fourth-order valence-electron chi connectivity index (χ4n) is 1.81. The van der Waals surface area contributed by atoms with Crippen LogP contribution in [-0.2, 0) is 9.53 Å². The van der Waals surface area contributed by atoms with Crippen molar-refractivity contribution >= 4 is 5.97 Å². The van der Waals surface area contributed by atoms with E-state index < -0.39 is 17.7 Å². The first-order valence-corrected chi connectivity index (χ1v) is 6.52. The summed E-state index contributed by atoms with van der Waals surface area (Å²) in [5.74, 6) is -1.98. The summed E-state index contributed by atoms with van der Waals surface area (Å²) in [6, 6.07) is 3.27. The fourth-order valence-corrected chi connectivity index (χ4v) is 1.81. The Kier molecular flexibility index (Phi) is 4.89. The summed E-state index contributed by atoms with van der Waals surface area (Å²) in [4.78, 5) is 11.6. The van der Waals surface area contributed by atoms with Gasteiger partial charge in [-0.25, -0.2) is 8.78 Å². The molecule has 0 heterocycles. The van der Waals surface area contributed by atoms with Gasteiger partial charge in [0, 0.05) is 18.5 Å². The Bertz CT molecular complexity index is 477. The van der Waals surface area contributed by atoms with Gasteiger partial charge in [-0.1, -0.05) is 0 Å². The zero-order valence-corrected chi connectivity index (χ0v) is 11.2. The van der Waals surface area contributed by atoms with Crippen LogP contribution in [0.3, 0.4) is 0 Å². The predicted molar refractivity (Wildman–Crippen MR) is 68.4 cm³/mol. The minimum Gasteiger partial charge on any atom is -0.493 e. The fraction of sp³-hybridized carbons (Fsp3) is 0.500. The van der Waals surface area contributed by atoms with Gasteiger partial charge in [-0.3, -0.25) is 4.79 Å². The van der Waals surface area contributed by atoms with Crippen molar-refractivity contribution in [1.82, 2.24) is 5.32 Å². The normalized spacial score (nSPS) is 15.8. The van der Waals surface area contributed by atoms with Crippen LogP contribution in [0.5, 0.6) is 5.75 Å². The summed E-state index contributed by atoms with van der Waals surface area (Å²) in [5.41, 5.74) is 0. The summed E-state index contributed by atoms with van der Waals surface area (Å²) in [6.07, 6.45) is 2.51. The van der Waals surface area contributed by atoms with Crippen LogP contribution in [0.25, 0.3) is 0 Å². The number of hydrogen-bond donors (Lipinski definition) is 1. The summed E-state index contributed by atoms with van der Waals surface area (Å²) in [6.45, 7) is 0.213. The van der Waals surface area contributed by atoms with E-state index in [0.29, 0.717) is 12.5 Å². The molecule has 2 rings (SSSR count).